The van der Waals surface area contributed by atoms with Gasteiger partial charge in [-0.3, -0.25) is 4.98 Å². The van der Waals surface area contributed by atoms with Crippen LogP contribution in [0.15, 0.2) is 39.9 Å². The molecule has 1 saturated heterocycles. The minimum Gasteiger partial charge on any atom is -0.389 e. The Hall–Kier alpha value is -3.29. The monoisotopic (exact) mass is 564 g/mol. The molecule has 7 nitrogen and oxygen atoms in total. The number of rotatable bonds is 2. The van der Waals surface area contributed by atoms with Crippen LogP contribution in [0, 0.1) is 34.4 Å². The molecule has 2 unspecified atom stereocenters. The summed E-state index contributed by atoms with van der Waals surface area (Å²) in [6.45, 7) is 11.3. The van der Waals surface area contributed by atoms with E-state index in [1.165, 1.54) is 19.3 Å². The summed E-state index contributed by atoms with van der Waals surface area (Å²) in [4.78, 5) is 11.3. The molecule has 2 aromatic rings. The van der Waals surface area contributed by atoms with Crippen LogP contribution in [0.1, 0.15) is 58.2 Å². The number of aliphatic imine (C=N–C) groups is 1. The molecule has 0 aromatic carbocycles. The van der Waals surface area contributed by atoms with E-state index in [0.717, 1.165) is 47.7 Å². The Bertz CT molecular complexity index is 1560. The van der Waals surface area contributed by atoms with Gasteiger partial charge in [0.05, 0.1) is 35.4 Å². The SMILES string of the molecule is CC1CN(C2=NC3C(=CN2)C2=C(COC2)C(c2ncc(F)c4sc(N)c(C#N)c24)=C3F)CC12CC2.CCC(C)C. The van der Waals surface area contributed by atoms with Crippen molar-refractivity contribution in [2.75, 3.05) is 32.0 Å². The van der Waals surface area contributed by atoms with Crippen LogP contribution in [0.25, 0.3) is 15.7 Å². The average molecular weight is 565 g/mol. The molecule has 3 aliphatic heterocycles. The number of fused-ring (bicyclic) bond motifs is 3. The van der Waals surface area contributed by atoms with E-state index < -0.39 is 17.7 Å². The van der Waals surface area contributed by atoms with Crippen molar-refractivity contribution < 1.29 is 13.5 Å². The number of hydrogen-bond acceptors (Lipinski definition) is 8. The minimum atomic E-state index is -0.851. The summed E-state index contributed by atoms with van der Waals surface area (Å²) in [5, 5.41) is 13.5. The molecule has 7 rings (SSSR count). The smallest absolute Gasteiger partial charge is 0.199 e. The lowest BCUT2D eigenvalue weighted by Crippen LogP contribution is -2.42. The topological polar surface area (TPSA) is 99.6 Å². The lowest BCUT2D eigenvalue weighted by atomic mass is 9.82. The molecule has 5 heterocycles. The number of hydrogen-bond donors (Lipinski definition) is 2. The quantitative estimate of drug-likeness (QED) is 0.471. The number of aromatic nitrogens is 1. The molecular weight excluding hydrogens is 530 g/mol. The standard InChI is InChI=1S/C25H22F2N6OS.C5H12/c1-11-7-33(10-25(11)2-3-25)24-31-5-13-14-8-34-9-15(14)17(19(27)20(13)32-24)21-18-12(4-28)23(29)35-22(18)16(26)6-30-21;1-4-5(2)3/h5-6,11,20H,2-3,7-10,29H2,1H3,(H,31,32);5H,4H2,1-3H3. The van der Waals surface area contributed by atoms with Gasteiger partial charge in [-0.2, -0.15) is 5.26 Å². The molecule has 3 N–H and O–H groups in total. The van der Waals surface area contributed by atoms with Gasteiger partial charge in [-0.25, -0.2) is 13.8 Å². The van der Waals surface area contributed by atoms with Gasteiger partial charge in [-0.15, -0.1) is 11.3 Å². The molecule has 2 fully saturated rings. The van der Waals surface area contributed by atoms with Crippen LogP contribution >= 0.6 is 11.3 Å². The van der Waals surface area contributed by atoms with Crippen molar-refractivity contribution in [3.8, 4) is 6.07 Å². The Morgan fingerprint density at radius 2 is 2.02 bits per heavy atom. The fourth-order valence-corrected chi connectivity index (χ4v) is 6.92. The van der Waals surface area contributed by atoms with E-state index in [1.54, 1.807) is 0 Å². The number of nitriles is 1. The van der Waals surface area contributed by atoms with Gasteiger partial charge in [0.1, 0.15) is 22.9 Å². The Morgan fingerprint density at radius 1 is 1.30 bits per heavy atom. The van der Waals surface area contributed by atoms with Crippen molar-refractivity contribution in [1.82, 2.24) is 15.2 Å². The predicted molar refractivity (Wildman–Crippen MR) is 155 cm³/mol. The lowest BCUT2D eigenvalue weighted by Gasteiger charge is -2.32. The van der Waals surface area contributed by atoms with Crippen LogP contribution in [0.4, 0.5) is 13.8 Å². The molecule has 5 aliphatic rings. The zero-order valence-corrected chi connectivity index (χ0v) is 24.1. The highest BCUT2D eigenvalue weighted by molar-refractivity contribution is 7.23. The molecule has 1 spiro atoms. The largest absolute Gasteiger partial charge is 0.389 e. The van der Waals surface area contributed by atoms with Crippen molar-refractivity contribution in [2.45, 2.75) is 53.0 Å². The van der Waals surface area contributed by atoms with Crippen LogP contribution in [-0.2, 0) is 4.74 Å². The van der Waals surface area contributed by atoms with Gasteiger partial charge in [-0.1, -0.05) is 34.1 Å². The molecular formula is C30H34F2N6OS. The highest BCUT2D eigenvalue weighted by Crippen LogP contribution is 2.56. The van der Waals surface area contributed by atoms with E-state index in [9.17, 15) is 9.65 Å². The second kappa shape index (κ2) is 9.96. The average Bonchev–Trinajstić information content (AvgIpc) is 3.25. The van der Waals surface area contributed by atoms with E-state index >= 15 is 4.39 Å². The third-order valence-electron chi connectivity index (χ3n) is 8.99. The summed E-state index contributed by atoms with van der Waals surface area (Å²) in [5.41, 5.74) is 9.19. The number of nitrogens with one attached hydrogen (secondary N) is 1. The highest BCUT2D eigenvalue weighted by atomic mass is 32.1. The second-order valence-corrected chi connectivity index (χ2v) is 12.9. The first kappa shape index (κ1) is 26.9. The number of thiophene rings is 1. The Balaban J connectivity index is 0.000000534. The number of nitrogens with two attached hydrogens (primary N) is 1. The summed E-state index contributed by atoms with van der Waals surface area (Å²) in [6, 6.07) is 1.20. The van der Waals surface area contributed by atoms with Gasteiger partial charge in [-0.05, 0) is 41.2 Å². The molecule has 0 amide bonds. The van der Waals surface area contributed by atoms with Crippen LogP contribution in [0.5, 0.6) is 0 Å². The first-order chi connectivity index (χ1) is 19.2. The van der Waals surface area contributed by atoms with Crippen LogP contribution in [0.2, 0.25) is 0 Å². The Kier molecular flexibility index (Phi) is 6.70. The van der Waals surface area contributed by atoms with Crippen molar-refractivity contribution in [2.24, 2.45) is 22.2 Å². The van der Waals surface area contributed by atoms with Gasteiger partial charge in [0.25, 0.3) is 0 Å². The number of guanidine groups is 1. The molecule has 1 saturated carbocycles. The number of halogens is 2. The first-order valence-electron chi connectivity index (χ1n) is 14.0. The van der Waals surface area contributed by atoms with Gasteiger partial charge >= 0.3 is 0 Å². The third kappa shape index (κ3) is 4.22. The molecule has 210 valence electrons. The number of anilines is 1. The van der Waals surface area contributed by atoms with Crippen molar-refractivity contribution >= 4 is 38.0 Å². The van der Waals surface area contributed by atoms with E-state index in [2.05, 4.69) is 42.9 Å². The number of nitrogen functional groups attached to an aromatic ring is 1. The van der Waals surface area contributed by atoms with Gasteiger partial charge < -0.3 is 20.7 Å². The van der Waals surface area contributed by atoms with Gasteiger partial charge in [0, 0.05) is 35.8 Å². The van der Waals surface area contributed by atoms with Crippen molar-refractivity contribution in [1.29, 1.82) is 5.26 Å². The molecule has 0 bridgehead atoms. The third-order valence-corrected chi connectivity index (χ3v) is 10.0. The van der Waals surface area contributed by atoms with Gasteiger partial charge in [0.15, 0.2) is 11.8 Å². The predicted octanol–water partition coefficient (Wildman–Crippen LogP) is 5.91. The lowest BCUT2D eigenvalue weighted by molar-refractivity contribution is 0.207. The minimum absolute atomic E-state index is 0.116. The molecule has 0 radical (unpaired) electrons. The fraction of sp³-hybridized carbons (Fsp3) is 0.500. The molecule has 2 aliphatic carbocycles. The number of likely N-dealkylation sites (tertiary alicyclic amines) is 1. The summed E-state index contributed by atoms with van der Waals surface area (Å²) < 4.78 is 37.0. The van der Waals surface area contributed by atoms with Gasteiger partial charge in [0.2, 0.25) is 0 Å². The maximum Gasteiger partial charge on any atom is 0.199 e. The van der Waals surface area contributed by atoms with E-state index in [0.29, 0.717) is 29.5 Å². The molecule has 2 aromatic heterocycles. The normalized spacial score (nSPS) is 24.4. The van der Waals surface area contributed by atoms with E-state index in [4.69, 9.17) is 15.5 Å². The van der Waals surface area contributed by atoms with Crippen molar-refractivity contribution in [3.63, 3.8) is 0 Å². The van der Waals surface area contributed by atoms with E-state index in [-0.39, 0.29) is 38.5 Å². The van der Waals surface area contributed by atoms with Crippen LogP contribution < -0.4 is 11.1 Å². The second-order valence-electron chi connectivity index (χ2n) is 11.8. The van der Waals surface area contributed by atoms with E-state index in [1.807, 2.05) is 12.3 Å². The number of pyridine rings is 1. The van der Waals surface area contributed by atoms with Crippen molar-refractivity contribution in [3.05, 3.63) is 52.0 Å². The Morgan fingerprint density at radius 3 is 2.67 bits per heavy atom. The maximum atomic E-state index is 16.4. The molecule has 2 atom stereocenters. The maximum absolute atomic E-state index is 16.4. The number of nitrogens with zero attached hydrogens (tertiary/aromatic N) is 4. The zero-order valence-electron chi connectivity index (χ0n) is 23.3. The number of ether oxygens (including phenoxy) is 1. The summed E-state index contributed by atoms with van der Waals surface area (Å²) in [7, 11) is 0. The molecule has 40 heavy (non-hydrogen) atoms. The highest BCUT2D eigenvalue weighted by Gasteiger charge is 2.54. The zero-order chi connectivity index (χ0) is 28.3. The van der Waals surface area contributed by atoms with Crippen LogP contribution in [-0.4, -0.2) is 48.2 Å². The fourth-order valence-electron chi connectivity index (χ4n) is 6.00. The Labute approximate surface area is 237 Å². The summed E-state index contributed by atoms with van der Waals surface area (Å²) in [6.07, 6.45) is 6.67. The molecule has 10 heteroatoms. The van der Waals surface area contributed by atoms with Crippen LogP contribution in [0.3, 0.4) is 0 Å². The summed E-state index contributed by atoms with van der Waals surface area (Å²) >= 11 is 0.973. The summed E-state index contributed by atoms with van der Waals surface area (Å²) in [5.74, 6) is 1.07. The first-order valence-corrected chi connectivity index (χ1v) is 14.8.